The van der Waals surface area contributed by atoms with Gasteiger partial charge >= 0.3 is 0 Å². The van der Waals surface area contributed by atoms with E-state index in [1.165, 1.54) is 29.6 Å². The van der Waals surface area contributed by atoms with Crippen LogP contribution < -0.4 is 14.8 Å². The lowest BCUT2D eigenvalue weighted by atomic mass is 10.1. The van der Waals surface area contributed by atoms with E-state index in [0.717, 1.165) is 16.5 Å². The first-order chi connectivity index (χ1) is 14.3. The van der Waals surface area contributed by atoms with E-state index in [1.807, 2.05) is 19.1 Å². The van der Waals surface area contributed by atoms with Crippen LogP contribution in [0.2, 0.25) is 0 Å². The number of halogens is 1. The van der Waals surface area contributed by atoms with E-state index in [4.69, 9.17) is 9.47 Å². The number of anilines is 1. The maximum absolute atomic E-state index is 12.8. The zero-order valence-electron chi connectivity index (χ0n) is 17.6. The van der Waals surface area contributed by atoms with Gasteiger partial charge in [0, 0.05) is 17.6 Å². The van der Waals surface area contributed by atoms with Crippen molar-refractivity contribution in [2.45, 2.75) is 32.1 Å². The lowest BCUT2D eigenvalue weighted by Crippen LogP contribution is -2.30. The third kappa shape index (κ3) is 5.74. The Morgan fingerprint density at radius 2 is 1.73 bits per heavy atom. The smallest absolute Gasteiger partial charge is 0.262 e. The van der Waals surface area contributed by atoms with E-state index in [2.05, 4.69) is 21.2 Å². The second-order valence-electron chi connectivity index (χ2n) is 6.39. The van der Waals surface area contributed by atoms with Gasteiger partial charge in [-0.25, -0.2) is 8.42 Å². The number of methoxy groups -OCH3 is 1. The van der Waals surface area contributed by atoms with Gasteiger partial charge in [-0.1, -0.05) is 36.7 Å². The Labute approximate surface area is 186 Å². The number of rotatable bonds is 10. The summed E-state index contributed by atoms with van der Waals surface area (Å²) in [5, 5.41) is 2.69. The number of hydrogen-bond acceptors (Lipinski definition) is 5. The quantitative estimate of drug-likeness (QED) is 0.533. The lowest BCUT2D eigenvalue weighted by Gasteiger charge is -2.19. The van der Waals surface area contributed by atoms with Crippen molar-refractivity contribution >= 4 is 37.5 Å². The highest BCUT2D eigenvalue weighted by Crippen LogP contribution is 2.29. The molecule has 0 atom stereocenters. The zero-order chi connectivity index (χ0) is 22.3. The van der Waals surface area contributed by atoms with Crippen molar-refractivity contribution in [1.29, 1.82) is 0 Å². The number of amides is 1. The summed E-state index contributed by atoms with van der Waals surface area (Å²) in [5.74, 6) is 0.566. The van der Waals surface area contributed by atoms with Crippen LogP contribution in [0.25, 0.3) is 0 Å². The molecule has 0 aliphatic carbocycles. The second kappa shape index (κ2) is 10.8. The molecule has 0 heterocycles. The Morgan fingerprint density at radius 3 is 2.33 bits per heavy atom. The summed E-state index contributed by atoms with van der Waals surface area (Å²) in [7, 11) is -2.21. The van der Waals surface area contributed by atoms with Gasteiger partial charge in [-0.3, -0.25) is 4.79 Å². The molecule has 0 radical (unpaired) electrons. The van der Waals surface area contributed by atoms with Crippen LogP contribution in [-0.2, 0) is 21.2 Å². The van der Waals surface area contributed by atoms with Crippen molar-refractivity contribution in [3.63, 3.8) is 0 Å². The number of nitrogens with zero attached hydrogens (tertiary/aromatic N) is 1. The minimum atomic E-state index is -3.66. The van der Waals surface area contributed by atoms with Crippen LogP contribution in [0.1, 0.15) is 26.3 Å². The zero-order valence-corrected chi connectivity index (χ0v) is 20.0. The Balaban J connectivity index is 2.20. The van der Waals surface area contributed by atoms with Crippen LogP contribution in [0.3, 0.4) is 0 Å². The molecule has 0 aliphatic rings. The Bertz CT molecular complexity index is 991. The highest BCUT2D eigenvalue weighted by Gasteiger charge is 2.23. The molecule has 0 unspecified atom stereocenters. The summed E-state index contributed by atoms with van der Waals surface area (Å²) in [5.41, 5.74) is 1.24. The van der Waals surface area contributed by atoms with Crippen LogP contribution in [-0.4, -0.2) is 45.4 Å². The van der Waals surface area contributed by atoms with Crippen LogP contribution >= 0.6 is 15.9 Å². The number of ether oxygens (including phenoxy) is 2. The number of benzene rings is 2. The highest BCUT2D eigenvalue weighted by molar-refractivity contribution is 9.10. The molecule has 0 aliphatic heterocycles. The Morgan fingerprint density at radius 1 is 1.07 bits per heavy atom. The molecule has 0 fully saturated rings. The SMILES string of the molecule is CCc1cc(Br)ccc1OCC(=O)Nc1cc(S(=O)(=O)N(CC)CC)ccc1OC. The number of carbonyl (C=O) groups excluding carboxylic acids is 1. The standard InChI is InChI=1S/C21H27BrN2O5S/c1-5-15-12-16(22)8-10-19(15)29-14-21(25)23-18-13-17(9-11-20(18)28-4)30(26,27)24(6-2)7-3/h8-13H,5-7,14H2,1-4H3,(H,23,25). The fraction of sp³-hybridized carbons (Fsp3) is 0.381. The molecule has 1 N–H and O–H groups in total. The van der Waals surface area contributed by atoms with Crippen LogP contribution in [0.15, 0.2) is 45.8 Å². The summed E-state index contributed by atoms with van der Waals surface area (Å²) in [6.45, 7) is 6.04. The van der Waals surface area contributed by atoms with Crippen LogP contribution in [0.4, 0.5) is 5.69 Å². The summed E-state index contributed by atoms with van der Waals surface area (Å²) in [6, 6.07) is 9.98. The topological polar surface area (TPSA) is 84.9 Å². The van der Waals surface area contributed by atoms with Gasteiger partial charge in [-0.15, -0.1) is 0 Å². The van der Waals surface area contributed by atoms with E-state index in [9.17, 15) is 13.2 Å². The summed E-state index contributed by atoms with van der Waals surface area (Å²) < 4.78 is 38.8. The Hall–Kier alpha value is -2.10. The van der Waals surface area contributed by atoms with Crippen LogP contribution in [0.5, 0.6) is 11.5 Å². The minimum absolute atomic E-state index is 0.0874. The molecular weight excluding hydrogens is 472 g/mol. The van der Waals surface area contributed by atoms with Gasteiger partial charge in [0.25, 0.3) is 5.91 Å². The largest absolute Gasteiger partial charge is 0.495 e. The first-order valence-electron chi connectivity index (χ1n) is 9.66. The monoisotopic (exact) mass is 498 g/mol. The van der Waals surface area contributed by atoms with Crippen LogP contribution in [0, 0.1) is 0 Å². The van der Waals surface area contributed by atoms with Gasteiger partial charge in [0.1, 0.15) is 11.5 Å². The van der Waals surface area contributed by atoms with Gasteiger partial charge in [-0.05, 0) is 48.4 Å². The average molecular weight is 499 g/mol. The summed E-state index contributed by atoms with van der Waals surface area (Å²) in [4.78, 5) is 12.6. The molecule has 2 aromatic carbocycles. The molecule has 1 amide bonds. The van der Waals surface area contributed by atoms with Gasteiger partial charge < -0.3 is 14.8 Å². The first-order valence-corrected chi connectivity index (χ1v) is 11.9. The molecule has 7 nitrogen and oxygen atoms in total. The van der Waals surface area contributed by atoms with Gasteiger partial charge in [0.15, 0.2) is 6.61 Å². The maximum Gasteiger partial charge on any atom is 0.262 e. The first kappa shape index (κ1) is 24.2. The second-order valence-corrected chi connectivity index (χ2v) is 9.25. The van der Waals surface area contributed by atoms with E-state index in [1.54, 1.807) is 19.9 Å². The third-order valence-electron chi connectivity index (χ3n) is 4.55. The number of carbonyl (C=O) groups is 1. The third-order valence-corrected chi connectivity index (χ3v) is 7.09. The van der Waals surface area contributed by atoms with Crippen molar-refractivity contribution in [2.24, 2.45) is 0 Å². The van der Waals surface area contributed by atoms with Crippen molar-refractivity contribution in [1.82, 2.24) is 4.31 Å². The average Bonchev–Trinajstić information content (AvgIpc) is 2.73. The molecule has 9 heteroatoms. The highest BCUT2D eigenvalue weighted by atomic mass is 79.9. The fourth-order valence-corrected chi connectivity index (χ4v) is 4.85. The summed E-state index contributed by atoms with van der Waals surface area (Å²) >= 11 is 3.42. The number of aryl methyl sites for hydroxylation is 1. The molecule has 2 rings (SSSR count). The minimum Gasteiger partial charge on any atom is -0.495 e. The molecule has 0 saturated carbocycles. The molecule has 0 spiro atoms. The van der Waals surface area contributed by atoms with E-state index < -0.39 is 15.9 Å². The van der Waals surface area contributed by atoms with E-state index in [-0.39, 0.29) is 17.2 Å². The lowest BCUT2D eigenvalue weighted by molar-refractivity contribution is -0.118. The van der Waals surface area contributed by atoms with Crippen molar-refractivity contribution in [3.8, 4) is 11.5 Å². The normalized spacial score (nSPS) is 11.4. The predicted octanol–water partition coefficient (Wildman–Crippen LogP) is 4.07. The van der Waals surface area contributed by atoms with E-state index >= 15 is 0 Å². The number of hydrogen-bond donors (Lipinski definition) is 1. The van der Waals surface area contributed by atoms with Crippen molar-refractivity contribution in [2.75, 3.05) is 32.1 Å². The van der Waals surface area contributed by atoms with Gasteiger partial charge in [0.05, 0.1) is 17.7 Å². The van der Waals surface area contributed by atoms with Gasteiger partial charge in [-0.2, -0.15) is 4.31 Å². The molecule has 164 valence electrons. The molecular formula is C21H27BrN2O5S. The number of sulfonamides is 1. The molecule has 0 saturated heterocycles. The number of nitrogens with one attached hydrogen (secondary N) is 1. The van der Waals surface area contributed by atoms with Crippen molar-refractivity contribution < 1.29 is 22.7 Å². The molecule has 2 aromatic rings. The van der Waals surface area contributed by atoms with E-state index in [0.29, 0.717) is 24.6 Å². The maximum atomic E-state index is 12.8. The summed E-state index contributed by atoms with van der Waals surface area (Å²) in [6.07, 6.45) is 0.759. The Kier molecular flexibility index (Phi) is 8.69. The molecule has 0 aromatic heterocycles. The molecule has 30 heavy (non-hydrogen) atoms. The van der Waals surface area contributed by atoms with Crippen molar-refractivity contribution in [3.05, 3.63) is 46.4 Å². The van der Waals surface area contributed by atoms with Gasteiger partial charge in [0.2, 0.25) is 10.0 Å². The molecule has 0 bridgehead atoms. The predicted molar refractivity (Wildman–Crippen MR) is 121 cm³/mol. The fourth-order valence-electron chi connectivity index (χ4n) is 2.95.